The number of phenols is 1. The molecule has 2 aliphatic rings. The van der Waals surface area contributed by atoms with E-state index in [2.05, 4.69) is 42.5 Å². The molecular formula is C54H78N16O17S2. The van der Waals surface area contributed by atoms with Crippen molar-refractivity contribution in [1.29, 1.82) is 0 Å². The fourth-order valence-electron chi connectivity index (χ4n) is 8.91. The highest BCUT2D eigenvalue weighted by molar-refractivity contribution is 8.76. The number of likely N-dealkylation sites (tertiary alicyclic amines) is 1. The van der Waals surface area contributed by atoms with Gasteiger partial charge in [0.1, 0.15) is 60.6 Å². The van der Waals surface area contributed by atoms with Gasteiger partial charge in [-0.25, -0.2) is 0 Å². The van der Waals surface area contributed by atoms with E-state index in [4.69, 9.17) is 44.3 Å². The first-order valence-electron chi connectivity index (χ1n) is 27.9. The number of aromatic hydroxyl groups is 1. The van der Waals surface area contributed by atoms with Gasteiger partial charge in [0.15, 0.2) is 0 Å². The Morgan fingerprint density at radius 1 is 0.663 bits per heavy atom. The maximum Gasteiger partial charge on any atom is 0.300 e. The molecular weight excluding hydrogens is 1210 g/mol. The van der Waals surface area contributed by atoms with E-state index in [0.717, 1.165) is 38.3 Å². The predicted molar refractivity (Wildman–Crippen MR) is 321 cm³/mol. The zero-order valence-electron chi connectivity index (χ0n) is 48.7. The van der Waals surface area contributed by atoms with Gasteiger partial charge in [-0.05, 0) is 68.3 Å². The molecule has 488 valence electrons. The Balaban J connectivity index is 0.00000501. The summed E-state index contributed by atoms with van der Waals surface area (Å²) in [6.07, 6.45) is -1.55. The second-order valence-corrected chi connectivity index (χ2v) is 22.9. The molecule has 33 nitrogen and oxygen atoms in total. The highest BCUT2D eigenvalue weighted by Crippen LogP contribution is 2.27. The Kier molecular flexibility index (Phi) is 31.9. The molecule has 0 saturated carbocycles. The van der Waals surface area contributed by atoms with Crippen molar-refractivity contribution in [3.63, 3.8) is 0 Å². The van der Waals surface area contributed by atoms with Crippen molar-refractivity contribution in [3.8, 4) is 5.75 Å². The zero-order chi connectivity index (χ0) is 66.3. The largest absolute Gasteiger partial charge is 0.508 e. The Morgan fingerprint density at radius 3 is 1.78 bits per heavy atom. The number of aliphatic carboxylic acids is 1. The van der Waals surface area contributed by atoms with Crippen molar-refractivity contribution in [2.24, 2.45) is 34.4 Å². The number of nitrogens with zero attached hydrogens (tertiary/aromatic N) is 2. The summed E-state index contributed by atoms with van der Waals surface area (Å²) in [6, 6.07) is 1.01. The lowest BCUT2D eigenvalue weighted by Crippen LogP contribution is -2.61. The number of hydrogen-bond acceptors (Lipinski definition) is 20. The Morgan fingerprint density at radius 2 is 1.20 bits per heavy atom. The van der Waals surface area contributed by atoms with Gasteiger partial charge in [0.25, 0.3) is 5.97 Å². The van der Waals surface area contributed by atoms with E-state index < -0.39 is 188 Å². The molecule has 22 N–H and O–H groups in total. The number of carbonyl (C=O) groups is 15. The number of nitrogens with two attached hydrogens (primary N) is 6. The number of carboxylic acid groups (broad SMARTS) is 1. The summed E-state index contributed by atoms with van der Waals surface area (Å²) in [5.41, 5.74) is 34.1. The maximum atomic E-state index is 14.9. The fraction of sp³-hybridized carbons (Fsp3) is 0.500. The van der Waals surface area contributed by atoms with Crippen LogP contribution in [0, 0.1) is 0 Å². The number of carboxylic acids is 1. The van der Waals surface area contributed by atoms with E-state index in [9.17, 15) is 72.2 Å². The summed E-state index contributed by atoms with van der Waals surface area (Å²) < 4.78 is 0. The molecule has 0 bridgehead atoms. The molecule has 0 aromatic heterocycles. The highest BCUT2D eigenvalue weighted by atomic mass is 33.1. The number of phenolic OH excluding ortho intramolecular Hbond substituents is 1. The van der Waals surface area contributed by atoms with Crippen molar-refractivity contribution >= 4 is 110 Å². The van der Waals surface area contributed by atoms with Crippen LogP contribution in [-0.4, -0.2) is 208 Å². The number of hydrogen-bond donors (Lipinski definition) is 16. The van der Waals surface area contributed by atoms with Gasteiger partial charge in [0.05, 0.1) is 26.1 Å². The van der Waals surface area contributed by atoms with Gasteiger partial charge in [-0.3, -0.25) is 71.9 Å². The SMILES string of the molecule is CC(=O)O.NCCCC[C@@H](C(N)=O)N(CC(N)=O)C(=O)[C@@H]1CCCN1C(=O)[C@@H]1CSSC[C@H](NC(=O)CNC(=O)CNC(=O)CN)C(=O)N[C@@H](Cc2ccc(O)cc2)C(=O)N[C@@H](Cc2ccccc2)C(=O)N[C@@H](CCC(N)=O)C(=O)N[C@@H](CC(N)=O)C(=O)N1. The Bertz CT molecular complexity index is 2850. The van der Waals surface area contributed by atoms with Crippen LogP contribution in [0.2, 0.25) is 0 Å². The first-order valence-corrected chi connectivity index (χ1v) is 30.4. The van der Waals surface area contributed by atoms with Crippen LogP contribution in [0.3, 0.4) is 0 Å². The standard InChI is InChI=1S/C52H74N16O15S2.C2H4O2/c53-17-5-4-9-37(45(58)76)68(25-41(57)72)52(83)38-10-6-18-67(38)51(82)36-27-85-84-26-35(61-44(75)24-60-43(74)23-59-42(73)22-54)50(81)64-33(20-29-11-13-30(69)14-12-29)48(79)63-32(19-28-7-2-1-3-8-28)47(78)62-31(15-16-39(55)70)46(77)65-34(21-40(56)71)49(80)66-36;1-2(3)4/h1-3,7-8,11-14,31-38,69H,4-6,9-10,15-27,53-54H2,(H2,55,70)(H2,56,71)(H2,57,72)(H2,58,76)(H,59,73)(H,60,74)(H,61,75)(H,62,78)(H,63,79)(H,64,81)(H,65,77)(H,66,80);1H3,(H,3,4)/t31-,32-,33-,34-,35-,36-,37-,38-;/m0./s1. The third-order valence-electron chi connectivity index (χ3n) is 13.2. The summed E-state index contributed by atoms with van der Waals surface area (Å²) in [5, 5.41) is 37.1. The van der Waals surface area contributed by atoms with Gasteiger partial charge in [0, 0.05) is 44.2 Å². The Hall–Kier alpha value is -9.09. The molecule has 14 amide bonds. The average Bonchev–Trinajstić information content (AvgIpc) is 3.03. The summed E-state index contributed by atoms with van der Waals surface area (Å²) in [7, 11) is 1.69. The van der Waals surface area contributed by atoms with Crippen LogP contribution < -0.4 is 76.9 Å². The van der Waals surface area contributed by atoms with E-state index in [-0.39, 0.29) is 56.7 Å². The van der Waals surface area contributed by atoms with E-state index in [1.54, 1.807) is 30.3 Å². The minimum absolute atomic E-state index is 0.00725. The lowest BCUT2D eigenvalue weighted by molar-refractivity contribution is -0.150. The smallest absolute Gasteiger partial charge is 0.300 e. The fourth-order valence-corrected chi connectivity index (χ4v) is 11.2. The maximum absolute atomic E-state index is 14.9. The topological polar surface area (TPSA) is 555 Å². The number of nitrogens with one attached hydrogen (secondary N) is 8. The lowest BCUT2D eigenvalue weighted by atomic mass is 10.0. The summed E-state index contributed by atoms with van der Waals surface area (Å²) in [4.78, 5) is 201. The number of primary amides is 4. The van der Waals surface area contributed by atoms with Crippen LogP contribution in [0.4, 0.5) is 0 Å². The summed E-state index contributed by atoms with van der Waals surface area (Å²) in [5.74, 6) is -15.4. The van der Waals surface area contributed by atoms with Crippen LogP contribution in [-0.2, 0) is 84.8 Å². The lowest BCUT2D eigenvalue weighted by Gasteiger charge is -2.35. The minimum Gasteiger partial charge on any atom is -0.508 e. The molecule has 2 aliphatic heterocycles. The molecule has 2 saturated heterocycles. The zero-order valence-corrected chi connectivity index (χ0v) is 50.4. The van der Waals surface area contributed by atoms with Crippen molar-refractivity contribution in [2.75, 3.05) is 50.8 Å². The normalized spacial score (nSPS) is 20.6. The Labute approximate surface area is 518 Å². The van der Waals surface area contributed by atoms with Crippen molar-refractivity contribution in [3.05, 3.63) is 65.7 Å². The van der Waals surface area contributed by atoms with Crippen molar-refractivity contribution in [1.82, 2.24) is 52.3 Å². The number of amides is 14. The third-order valence-corrected chi connectivity index (χ3v) is 15.7. The molecule has 0 radical (unpaired) electrons. The minimum atomic E-state index is -1.90. The number of carbonyl (C=O) groups excluding carboxylic acids is 14. The molecule has 0 aliphatic carbocycles. The van der Waals surface area contributed by atoms with E-state index in [1.165, 1.54) is 24.3 Å². The van der Waals surface area contributed by atoms with Gasteiger partial charge in [-0.2, -0.15) is 0 Å². The third kappa shape index (κ3) is 26.8. The van der Waals surface area contributed by atoms with Crippen LogP contribution in [0.1, 0.15) is 69.4 Å². The van der Waals surface area contributed by atoms with Gasteiger partial charge in [-0.15, -0.1) is 0 Å². The van der Waals surface area contributed by atoms with E-state index in [1.807, 2.05) is 0 Å². The number of benzene rings is 2. The first-order chi connectivity index (χ1) is 42.1. The van der Waals surface area contributed by atoms with Gasteiger partial charge < -0.3 is 96.9 Å². The van der Waals surface area contributed by atoms with Gasteiger partial charge in [0.2, 0.25) is 82.7 Å². The van der Waals surface area contributed by atoms with Crippen LogP contribution in [0.5, 0.6) is 5.75 Å². The molecule has 2 aromatic carbocycles. The second-order valence-electron chi connectivity index (χ2n) is 20.3. The van der Waals surface area contributed by atoms with Crippen LogP contribution >= 0.6 is 21.6 Å². The summed E-state index contributed by atoms with van der Waals surface area (Å²) in [6.45, 7) is -1.28. The first kappa shape index (κ1) is 74.2. The molecule has 8 atom stereocenters. The molecule has 0 unspecified atom stereocenters. The molecule has 0 spiro atoms. The molecule has 35 heteroatoms. The molecule has 2 aromatic rings. The van der Waals surface area contributed by atoms with Crippen molar-refractivity contribution in [2.45, 2.75) is 119 Å². The van der Waals surface area contributed by atoms with Gasteiger partial charge in [-0.1, -0.05) is 64.1 Å². The molecule has 2 fully saturated rings. The second kappa shape index (κ2) is 38.2. The summed E-state index contributed by atoms with van der Waals surface area (Å²) >= 11 is 0. The molecule has 89 heavy (non-hydrogen) atoms. The van der Waals surface area contributed by atoms with Crippen molar-refractivity contribution < 1.29 is 82.1 Å². The van der Waals surface area contributed by atoms with E-state index in [0.29, 0.717) is 24.0 Å². The average molecular weight is 1290 g/mol. The number of rotatable bonds is 25. The molecule has 2 heterocycles. The monoisotopic (exact) mass is 1290 g/mol. The van der Waals surface area contributed by atoms with Crippen LogP contribution in [0.15, 0.2) is 54.6 Å². The number of unbranched alkanes of at least 4 members (excludes halogenated alkanes) is 1. The van der Waals surface area contributed by atoms with Crippen LogP contribution in [0.25, 0.3) is 0 Å². The quantitative estimate of drug-likeness (QED) is 0.0324. The van der Waals surface area contributed by atoms with E-state index >= 15 is 0 Å². The van der Waals surface area contributed by atoms with Gasteiger partial charge >= 0.3 is 0 Å². The molecule has 4 rings (SSSR count). The predicted octanol–water partition coefficient (Wildman–Crippen LogP) is -6.81. The highest BCUT2D eigenvalue weighted by Gasteiger charge is 2.43.